The maximum atomic E-state index is 12.5. The van der Waals surface area contributed by atoms with E-state index in [1.54, 1.807) is 18.2 Å². The lowest BCUT2D eigenvalue weighted by atomic mass is 9.97. The van der Waals surface area contributed by atoms with E-state index in [0.29, 0.717) is 37.5 Å². The quantitative estimate of drug-likeness (QED) is 0.833. The number of hydrogen-bond acceptors (Lipinski definition) is 3. The number of halogens is 1. The lowest BCUT2D eigenvalue weighted by Crippen LogP contribution is -2.43. The molecule has 0 bridgehead atoms. The van der Waals surface area contributed by atoms with Crippen LogP contribution in [0.1, 0.15) is 12.8 Å². The van der Waals surface area contributed by atoms with Crippen molar-refractivity contribution in [2.45, 2.75) is 17.7 Å². The van der Waals surface area contributed by atoms with Gasteiger partial charge in [-0.05, 0) is 37.1 Å². The Hall–Kier alpha value is -1.37. The van der Waals surface area contributed by atoms with E-state index < -0.39 is 10.0 Å². The van der Waals surface area contributed by atoms with Crippen molar-refractivity contribution < 1.29 is 13.2 Å². The van der Waals surface area contributed by atoms with Gasteiger partial charge in [0, 0.05) is 30.6 Å². The molecule has 1 amide bonds. The van der Waals surface area contributed by atoms with Crippen LogP contribution in [0, 0.1) is 5.92 Å². The molecular formula is C15H19ClN2O3S. The number of benzene rings is 1. The molecule has 120 valence electrons. The summed E-state index contributed by atoms with van der Waals surface area (Å²) in [5.74, 6) is -0.181. The summed E-state index contributed by atoms with van der Waals surface area (Å²) in [6.07, 6.45) is 2.67. The van der Waals surface area contributed by atoms with E-state index in [-0.39, 0.29) is 16.7 Å². The highest BCUT2D eigenvalue weighted by Crippen LogP contribution is 2.24. The summed E-state index contributed by atoms with van der Waals surface area (Å²) in [5.41, 5.74) is 0. The van der Waals surface area contributed by atoms with E-state index >= 15 is 0 Å². The van der Waals surface area contributed by atoms with Crippen molar-refractivity contribution in [1.29, 1.82) is 0 Å². The predicted molar refractivity (Wildman–Crippen MR) is 86.1 cm³/mol. The van der Waals surface area contributed by atoms with Crippen LogP contribution in [0.3, 0.4) is 0 Å². The van der Waals surface area contributed by atoms with Gasteiger partial charge in [-0.1, -0.05) is 17.7 Å². The molecule has 1 aromatic carbocycles. The van der Waals surface area contributed by atoms with Gasteiger partial charge < -0.3 is 5.32 Å². The normalized spacial score (nSPS) is 17.1. The Morgan fingerprint density at radius 3 is 2.45 bits per heavy atom. The molecule has 0 spiro atoms. The highest BCUT2D eigenvalue weighted by molar-refractivity contribution is 7.89. The first-order valence-electron chi connectivity index (χ1n) is 7.09. The van der Waals surface area contributed by atoms with E-state index in [9.17, 15) is 13.2 Å². The number of carbonyl (C=O) groups is 1. The minimum Gasteiger partial charge on any atom is -0.352 e. The molecule has 1 aliphatic rings. The summed E-state index contributed by atoms with van der Waals surface area (Å²) in [7, 11) is -3.52. The van der Waals surface area contributed by atoms with E-state index in [1.165, 1.54) is 16.4 Å². The second-order valence-electron chi connectivity index (χ2n) is 5.17. The van der Waals surface area contributed by atoms with Crippen molar-refractivity contribution in [3.63, 3.8) is 0 Å². The Morgan fingerprint density at radius 1 is 1.32 bits per heavy atom. The Kier molecular flexibility index (Phi) is 5.61. The average molecular weight is 343 g/mol. The molecule has 1 N–H and O–H groups in total. The largest absolute Gasteiger partial charge is 0.352 e. The Labute approximate surface area is 136 Å². The number of amides is 1. The minimum atomic E-state index is -3.52. The first kappa shape index (κ1) is 17.0. The van der Waals surface area contributed by atoms with Crippen LogP contribution in [-0.4, -0.2) is 38.3 Å². The molecule has 22 heavy (non-hydrogen) atoms. The topological polar surface area (TPSA) is 66.5 Å². The zero-order chi connectivity index (χ0) is 16.2. The van der Waals surface area contributed by atoms with Crippen molar-refractivity contribution in [2.75, 3.05) is 19.6 Å². The molecule has 0 saturated carbocycles. The third kappa shape index (κ3) is 3.88. The van der Waals surface area contributed by atoms with Crippen LogP contribution in [0.5, 0.6) is 0 Å². The maximum absolute atomic E-state index is 12.5. The molecule has 0 unspecified atom stereocenters. The first-order valence-corrected chi connectivity index (χ1v) is 8.91. The van der Waals surface area contributed by atoms with E-state index in [2.05, 4.69) is 11.9 Å². The van der Waals surface area contributed by atoms with Crippen LogP contribution in [-0.2, 0) is 14.8 Å². The van der Waals surface area contributed by atoms with Gasteiger partial charge >= 0.3 is 0 Å². The number of nitrogens with one attached hydrogen (secondary N) is 1. The summed E-state index contributed by atoms with van der Waals surface area (Å²) in [4.78, 5) is 12.1. The van der Waals surface area contributed by atoms with Gasteiger partial charge in [-0.25, -0.2) is 8.42 Å². The van der Waals surface area contributed by atoms with Crippen LogP contribution >= 0.6 is 11.6 Å². The summed E-state index contributed by atoms with van der Waals surface area (Å²) < 4.78 is 26.5. The van der Waals surface area contributed by atoms with Crippen LogP contribution < -0.4 is 5.32 Å². The standard InChI is InChI=1S/C15H19ClN2O3S/c1-2-9-17-15(19)12-7-10-18(11-8-12)22(20,21)14-5-3-13(16)4-6-14/h2-6,12H,1,7-11H2,(H,17,19). The second-order valence-corrected chi connectivity index (χ2v) is 7.54. The number of rotatable bonds is 5. The Bertz CT molecular complexity index is 635. The summed E-state index contributed by atoms with van der Waals surface area (Å²) >= 11 is 5.78. The van der Waals surface area contributed by atoms with Gasteiger partial charge in [0.15, 0.2) is 0 Å². The third-order valence-corrected chi connectivity index (χ3v) is 5.86. The molecule has 2 rings (SSSR count). The third-order valence-electron chi connectivity index (χ3n) is 3.70. The van der Waals surface area contributed by atoms with E-state index in [4.69, 9.17) is 11.6 Å². The van der Waals surface area contributed by atoms with Crippen LogP contribution in [0.15, 0.2) is 41.8 Å². The van der Waals surface area contributed by atoms with Gasteiger partial charge in [-0.15, -0.1) is 6.58 Å². The summed E-state index contributed by atoms with van der Waals surface area (Å²) in [5, 5.41) is 3.25. The van der Waals surface area contributed by atoms with Gasteiger partial charge in [0.25, 0.3) is 0 Å². The van der Waals surface area contributed by atoms with Crippen molar-refractivity contribution in [2.24, 2.45) is 5.92 Å². The smallest absolute Gasteiger partial charge is 0.243 e. The number of piperidine rings is 1. The molecular weight excluding hydrogens is 324 g/mol. The Balaban J connectivity index is 2.00. The number of carbonyl (C=O) groups excluding carboxylic acids is 1. The summed E-state index contributed by atoms with van der Waals surface area (Å²) in [6, 6.07) is 6.12. The fraction of sp³-hybridized carbons (Fsp3) is 0.400. The molecule has 1 aliphatic heterocycles. The Morgan fingerprint density at radius 2 is 1.91 bits per heavy atom. The maximum Gasteiger partial charge on any atom is 0.243 e. The van der Waals surface area contributed by atoms with E-state index in [1.807, 2.05) is 0 Å². The molecule has 5 nitrogen and oxygen atoms in total. The zero-order valence-electron chi connectivity index (χ0n) is 12.2. The SMILES string of the molecule is C=CCNC(=O)C1CCN(S(=O)(=O)c2ccc(Cl)cc2)CC1. The lowest BCUT2D eigenvalue weighted by Gasteiger charge is -2.30. The molecule has 1 aromatic rings. The van der Waals surface area contributed by atoms with Crippen LogP contribution in [0.2, 0.25) is 5.02 Å². The molecule has 0 radical (unpaired) electrons. The fourth-order valence-electron chi connectivity index (χ4n) is 2.43. The molecule has 0 aromatic heterocycles. The molecule has 0 aliphatic carbocycles. The lowest BCUT2D eigenvalue weighted by molar-refractivity contribution is -0.125. The van der Waals surface area contributed by atoms with Gasteiger partial charge in [0.05, 0.1) is 4.90 Å². The fourth-order valence-corrected chi connectivity index (χ4v) is 4.03. The van der Waals surface area contributed by atoms with Crippen LogP contribution in [0.25, 0.3) is 0 Å². The molecule has 1 saturated heterocycles. The average Bonchev–Trinajstić information content (AvgIpc) is 2.53. The first-order chi connectivity index (χ1) is 10.4. The van der Waals surface area contributed by atoms with Gasteiger partial charge in [-0.2, -0.15) is 4.31 Å². The van der Waals surface area contributed by atoms with Gasteiger partial charge in [-0.3, -0.25) is 4.79 Å². The number of hydrogen-bond donors (Lipinski definition) is 1. The molecule has 1 heterocycles. The van der Waals surface area contributed by atoms with Crippen LogP contribution in [0.4, 0.5) is 0 Å². The monoisotopic (exact) mass is 342 g/mol. The molecule has 7 heteroatoms. The number of sulfonamides is 1. The van der Waals surface area contributed by atoms with Gasteiger partial charge in [0.1, 0.15) is 0 Å². The van der Waals surface area contributed by atoms with Gasteiger partial charge in [0.2, 0.25) is 15.9 Å². The highest BCUT2D eigenvalue weighted by atomic mass is 35.5. The molecule has 1 fully saturated rings. The number of nitrogens with zero attached hydrogens (tertiary/aromatic N) is 1. The highest BCUT2D eigenvalue weighted by Gasteiger charge is 2.31. The van der Waals surface area contributed by atoms with Crippen molar-refractivity contribution in [3.05, 3.63) is 41.9 Å². The minimum absolute atomic E-state index is 0.0385. The zero-order valence-corrected chi connectivity index (χ0v) is 13.7. The molecule has 0 atom stereocenters. The second kappa shape index (κ2) is 7.26. The van der Waals surface area contributed by atoms with Crippen molar-refractivity contribution in [3.8, 4) is 0 Å². The van der Waals surface area contributed by atoms with Crippen molar-refractivity contribution in [1.82, 2.24) is 9.62 Å². The summed E-state index contributed by atoms with van der Waals surface area (Å²) in [6.45, 7) is 4.67. The van der Waals surface area contributed by atoms with Crippen molar-refractivity contribution >= 4 is 27.5 Å². The predicted octanol–water partition coefficient (Wildman–Crippen LogP) is 2.04. The van der Waals surface area contributed by atoms with E-state index in [0.717, 1.165) is 0 Å².